The Morgan fingerprint density at radius 3 is 2.35 bits per heavy atom. The molecule has 0 unspecified atom stereocenters. The van der Waals surface area contributed by atoms with Crippen molar-refractivity contribution in [3.05, 3.63) is 89.5 Å². The van der Waals surface area contributed by atoms with E-state index in [2.05, 4.69) is 15.8 Å². The zero-order valence-corrected chi connectivity index (χ0v) is 19.4. The van der Waals surface area contributed by atoms with Crippen molar-refractivity contribution in [3.63, 3.8) is 0 Å². The molecule has 0 aromatic heterocycles. The van der Waals surface area contributed by atoms with E-state index in [1.54, 1.807) is 18.2 Å². The van der Waals surface area contributed by atoms with Gasteiger partial charge in [-0.15, -0.1) is 0 Å². The third-order valence-corrected chi connectivity index (χ3v) is 4.82. The molecule has 34 heavy (non-hydrogen) atoms. The first-order valence-corrected chi connectivity index (χ1v) is 11.2. The van der Waals surface area contributed by atoms with Gasteiger partial charge in [0.05, 0.1) is 12.8 Å². The lowest BCUT2D eigenvalue weighted by atomic mass is 10.2. The maximum atomic E-state index is 12.0. The highest BCUT2D eigenvalue weighted by Crippen LogP contribution is 2.29. The van der Waals surface area contributed by atoms with Gasteiger partial charge in [-0.05, 0) is 55.3 Å². The average Bonchev–Trinajstić information content (AvgIpc) is 2.84. The number of para-hydroxylation sites is 1. The molecule has 0 saturated heterocycles. The van der Waals surface area contributed by atoms with Gasteiger partial charge < -0.3 is 14.8 Å². The smallest absolute Gasteiger partial charge is 0.240 e. The third kappa shape index (κ3) is 8.09. The molecule has 7 heteroatoms. The van der Waals surface area contributed by atoms with Gasteiger partial charge in [-0.25, -0.2) is 5.43 Å². The Morgan fingerprint density at radius 1 is 0.882 bits per heavy atom. The van der Waals surface area contributed by atoms with Crippen LogP contribution in [0.1, 0.15) is 36.5 Å². The zero-order valence-electron chi connectivity index (χ0n) is 19.4. The number of ether oxygens (including phenoxy) is 2. The monoisotopic (exact) mass is 459 g/mol. The number of nitrogens with zero attached hydrogens (tertiary/aromatic N) is 1. The van der Waals surface area contributed by atoms with Gasteiger partial charge in [0, 0.05) is 18.5 Å². The molecule has 2 N–H and O–H groups in total. The quantitative estimate of drug-likeness (QED) is 0.317. The van der Waals surface area contributed by atoms with Crippen LogP contribution in [-0.4, -0.2) is 24.6 Å². The second-order valence-electron chi connectivity index (χ2n) is 7.62. The van der Waals surface area contributed by atoms with E-state index in [1.807, 2.05) is 68.4 Å². The van der Waals surface area contributed by atoms with Gasteiger partial charge >= 0.3 is 0 Å². The Balaban J connectivity index is 1.49. The molecule has 0 heterocycles. The highest BCUT2D eigenvalue weighted by molar-refractivity contribution is 5.93. The number of hydrazone groups is 1. The van der Waals surface area contributed by atoms with Crippen LogP contribution in [0.25, 0.3) is 0 Å². The molecule has 0 aliphatic heterocycles. The van der Waals surface area contributed by atoms with E-state index in [9.17, 15) is 9.59 Å². The second-order valence-corrected chi connectivity index (χ2v) is 7.62. The molecule has 0 fully saturated rings. The SMILES string of the molecule is CCOc1cc(C=NNC(=O)CCC(=O)Nc2ccccc2)ccc1OCc1ccc(C)cc1. The predicted molar refractivity (Wildman–Crippen MR) is 133 cm³/mol. The van der Waals surface area contributed by atoms with Crippen molar-refractivity contribution >= 4 is 23.7 Å². The van der Waals surface area contributed by atoms with E-state index in [1.165, 1.54) is 11.8 Å². The van der Waals surface area contributed by atoms with Crippen molar-refractivity contribution in [1.82, 2.24) is 5.43 Å². The maximum Gasteiger partial charge on any atom is 0.240 e. The molecule has 0 atom stereocenters. The van der Waals surface area contributed by atoms with Gasteiger partial charge in [-0.2, -0.15) is 5.10 Å². The predicted octanol–water partition coefficient (Wildman–Crippen LogP) is 4.84. The van der Waals surface area contributed by atoms with Gasteiger partial charge in [-0.1, -0.05) is 48.0 Å². The van der Waals surface area contributed by atoms with Crippen LogP contribution in [0.2, 0.25) is 0 Å². The summed E-state index contributed by atoms with van der Waals surface area (Å²) in [4.78, 5) is 24.0. The Bertz CT molecular complexity index is 1110. The summed E-state index contributed by atoms with van der Waals surface area (Å²) in [7, 11) is 0. The number of carbonyl (C=O) groups excluding carboxylic acids is 2. The van der Waals surface area contributed by atoms with Crippen LogP contribution in [0.5, 0.6) is 11.5 Å². The number of rotatable bonds is 11. The number of carbonyl (C=O) groups is 2. The fourth-order valence-corrected chi connectivity index (χ4v) is 3.04. The van der Waals surface area contributed by atoms with E-state index in [4.69, 9.17) is 9.47 Å². The number of aryl methyl sites for hydroxylation is 1. The van der Waals surface area contributed by atoms with Crippen LogP contribution in [0.4, 0.5) is 5.69 Å². The van der Waals surface area contributed by atoms with Crippen molar-refractivity contribution in [2.24, 2.45) is 5.10 Å². The summed E-state index contributed by atoms with van der Waals surface area (Å²) in [5.41, 5.74) is 6.15. The van der Waals surface area contributed by atoms with Gasteiger partial charge in [-0.3, -0.25) is 9.59 Å². The summed E-state index contributed by atoms with van der Waals surface area (Å²) in [5, 5.41) is 6.73. The van der Waals surface area contributed by atoms with E-state index < -0.39 is 0 Å². The average molecular weight is 460 g/mol. The highest BCUT2D eigenvalue weighted by atomic mass is 16.5. The molecule has 0 radical (unpaired) electrons. The standard InChI is InChI=1S/C27H29N3O4/c1-3-33-25-17-22(13-14-24(25)34-19-21-11-9-20(2)10-12-21)18-28-30-27(32)16-15-26(31)29-23-7-5-4-6-8-23/h4-14,17-18H,3,15-16,19H2,1-2H3,(H,29,31)(H,30,32). The molecular weight excluding hydrogens is 430 g/mol. The lowest BCUT2D eigenvalue weighted by molar-refractivity contribution is -0.124. The topological polar surface area (TPSA) is 89.0 Å². The molecule has 0 aliphatic carbocycles. The van der Waals surface area contributed by atoms with Crippen molar-refractivity contribution in [2.45, 2.75) is 33.3 Å². The van der Waals surface area contributed by atoms with Crippen molar-refractivity contribution in [2.75, 3.05) is 11.9 Å². The van der Waals surface area contributed by atoms with Gasteiger partial charge in [0.25, 0.3) is 0 Å². The normalized spacial score (nSPS) is 10.6. The molecule has 0 saturated carbocycles. The van der Waals surface area contributed by atoms with Gasteiger partial charge in [0.2, 0.25) is 11.8 Å². The summed E-state index contributed by atoms with van der Waals surface area (Å²) in [6.45, 7) is 4.87. The fraction of sp³-hybridized carbons (Fsp3) is 0.222. The number of nitrogens with one attached hydrogen (secondary N) is 2. The minimum absolute atomic E-state index is 0.0337. The molecule has 3 rings (SSSR count). The van der Waals surface area contributed by atoms with E-state index in [0.717, 1.165) is 11.1 Å². The summed E-state index contributed by atoms with van der Waals surface area (Å²) >= 11 is 0. The molecular formula is C27H29N3O4. The van der Waals surface area contributed by atoms with E-state index in [-0.39, 0.29) is 24.7 Å². The fourth-order valence-electron chi connectivity index (χ4n) is 3.04. The van der Waals surface area contributed by atoms with Crippen molar-refractivity contribution in [3.8, 4) is 11.5 Å². The number of hydrogen-bond acceptors (Lipinski definition) is 5. The van der Waals surface area contributed by atoms with E-state index in [0.29, 0.717) is 30.4 Å². The lowest BCUT2D eigenvalue weighted by Crippen LogP contribution is -2.20. The second kappa shape index (κ2) is 12.8. The molecule has 0 spiro atoms. The largest absolute Gasteiger partial charge is 0.490 e. The Labute approximate surface area is 199 Å². The van der Waals surface area contributed by atoms with Crippen LogP contribution in [0, 0.1) is 6.92 Å². The molecule has 3 aromatic rings. The third-order valence-electron chi connectivity index (χ3n) is 4.82. The van der Waals surface area contributed by atoms with Crippen LogP contribution < -0.4 is 20.2 Å². The number of benzene rings is 3. The number of hydrogen-bond donors (Lipinski definition) is 2. The van der Waals surface area contributed by atoms with Crippen LogP contribution >= 0.6 is 0 Å². The molecule has 3 aromatic carbocycles. The summed E-state index contributed by atoms with van der Waals surface area (Å²) in [6.07, 6.45) is 1.62. The molecule has 0 aliphatic rings. The molecule has 7 nitrogen and oxygen atoms in total. The van der Waals surface area contributed by atoms with Gasteiger partial charge in [0.1, 0.15) is 6.61 Å². The van der Waals surface area contributed by atoms with E-state index >= 15 is 0 Å². The van der Waals surface area contributed by atoms with Crippen LogP contribution in [0.15, 0.2) is 77.9 Å². The Morgan fingerprint density at radius 2 is 1.62 bits per heavy atom. The van der Waals surface area contributed by atoms with Crippen LogP contribution in [0.3, 0.4) is 0 Å². The Kier molecular flexibility index (Phi) is 9.22. The Hall–Kier alpha value is -4.13. The summed E-state index contributed by atoms with van der Waals surface area (Å²) in [5.74, 6) is 0.658. The lowest BCUT2D eigenvalue weighted by Gasteiger charge is -2.12. The van der Waals surface area contributed by atoms with Crippen LogP contribution in [-0.2, 0) is 16.2 Å². The first kappa shape index (κ1) is 24.5. The van der Waals surface area contributed by atoms with Gasteiger partial charge in [0.15, 0.2) is 11.5 Å². The van der Waals surface area contributed by atoms with Crippen molar-refractivity contribution < 1.29 is 19.1 Å². The number of anilines is 1. The highest BCUT2D eigenvalue weighted by Gasteiger charge is 2.08. The molecule has 2 amide bonds. The summed E-state index contributed by atoms with van der Waals surface area (Å²) in [6, 6.07) is 22.7. The molecule has 0 bridgehead atoms. The maximum absolute atomic E-state index is 12.0. The minimum atomic E-state index is -0.345. The zero-order chi connectivity index (χ0) is 24.2. The summed E-state index contributed by atoms with van der Waals surface area (Å²) < 4.78 is 11.6. The minimum Gasteiger partial charge on any atom is -0.490 e. The first-order valence-electron chi connectivity index (χ1n) is 11.2. The number of amides is 2. The molecule has 176 valence electrons. The van der Waals surface area contributed by atoms with Crippen molar-refractivity contribution in [1.29, 1.82) is 0 Å². The first-order chi connectivity index (χ1) is 16.5.